The number of carbonyl (C=O) groups excluding carboxylic acids is 2. The Kier molecular flexibility index (Phi) is 5.50. The molecule has 0 aliphatic heterocycles. The highest BCUT2D eigenvalue weighted by atomic mass is 16.5. The molecule has 2 atom stereocenters. The second kappa shape index (κ2) is 6.66. The van der Waals surface area contributed by atoms with E-state index in [9.17, 15) is 9.59 Å². The fraction of sp³-hybridized carbons (Fsp3) is 0.846. The summed E-state index contributed by atoms with van der Waals surface area (Å²) in [7, 11) is 0. The Morgan fingerprint density at radius 1 is 1.44 bits per heavy atom. The summed E-state index contributed by atoms with van der Waals surface area (Å²) in [5.41, 5.74) is 0. The molecule has 1 fully saturated rings. The first-order chi connectivity index (χ1) is 7.65. The largest absolute Gasteiger partial charge is 0.466 e. The van der Waals surface area contributed by atoms with E-state index in [0.29, 0.717) is 24.7 Å². The molecule has 0 bridgehead atoms. The van der Waals surface area contributed by atoms with Gasteiger partial charge in [0, 0.05) is 18.8 Å². The number of rotatable bonds is 6. The first-order valence-corrected chi connectivity index (χ1v) is 6.33. The molecule has 3 heteroatoms. The zero-order valence-corrected chi connectivity index (χ0v) is 10.3. The van der Waals surface area contributed by atoms with Crippen molar-refractivity contribution in [3.63, 3.8) is 0 Å². The van der Waals surface area contributed by atoms with Crippen LogP contribution in [0.15, 0.2) is 0 Å². The summed E-state index contributed by atoms with van der Waals surface area (Å²) in [6.45, 7) is 4.43. The molecule has 3 nitrogen and oxygen atoms in total. The van der Waals surface area contributed by atoms with E-state index in [1.807, 2.05) is 6.92 Å². The highest BCUT2D eigenvalue weighted by Crippen LogP contribution is 2.31. The van der Waals surface area contributed by atoms with E-state index in [1.54, 1.807) is 0 Å². The van der Waals surface area contributed by atoms with Crippen LogP contribution in [0.1, 0.15) is 52.4 Å². The van der Waals surface area contributed by atoms with Crippen LogP contribution in [-0.4, -0.2) is 18.4 Å². The number of hydrogen-bond acceptors (Lipinski definition) is 3. The summed E-state index contributed by atoms with van der Waals surface area (Å²) in [5, 5.41) is 0. The zero-order valence-electron chi connectivity index (χ0n) is 10.3. The van der Waals surface area contributed by atoms with Crippen molar-refractivity contribution in [3.8, 4) is 0 Å². The van der Waals surface area contributed by atoms with E-state index in [0.717, 1.165) is 32.1 Å². The van der Waals surface area contributed by atoms with E-state index in [2.05, 4.69) is 6.92 Å². The third-order valence-corrected chi connectivity index (χ3v) is 3.40. The molecule has 0 saturated heterocycles. The van der Waals surface area contributed by atoms with Gasteiger partial charge in [0.25, 0.3) is 0 Å². The molecule has 0 aromatic rings. The van der Waals surface area contributed by atoms with Crippen LogP contribution < -0.4 is 0 Å². The monoisotopic (exact) mass is 226 g/mol. The Morgan fingerprint density at radius 2 is 2.19 bits per heavy atom. The Balaban J connectivity index is 2.11. The number of hydrogen-bond donors (Lipinski definition) is 0. The van der Waals surface area contributed by atoms with Gasteiger partial charge in [-0.05, 0) is 32.1 Å². The zero-order chi connectivity index (χ0) is 12.0. The summed E-state index contributed by atoms with van der Waals surface area (Å²) >= 11 is 0. The average molecular weight is 226 g/mol. The van der Waals surface area contributed by atoms with Gasteiger partial charge in [0.05, 0.1) is 6.61 Å². The van der Waals surface area contributed by atoms with Crippen molar-refractivity contribution in [2.24, 2.45) is 11.8 Å². The molecule has 92 valence electrons. The predicted molar refractivity (Wildman–Crippen MR) is 62.0 cm³/mol. The Bertz CT molecular complexity index is 248. The van der Waals surface area contributed by atoms with Crippen LogP contribution in [0, 0.1) is 11.8 Å². The lowest BCUT2D eigenvalue weighted by atomic mass is 9.91. The fourth-order valence-corrected chi connectivity index (χ4v) is 2.39. The lowest BCUT2D eigenvalue weighted by Crippen LogP contribution is -2.12. The van der Waals surface area contributed by atoms with Crippen molar-refractivity contribution in [3.05, 3.63) is 0 Å². The third kappa shape index (κ3) is 3.95. The summed E-state index contributed by atoms with van der Waals surface area (Å²) < 4.78 is 4.85. The van der Waals surface area contributed by atoms with Crippen LogP contribution >= 0.6 is 0 Å². The Morgan fingerprint density at radius 3 is 2.75 bits per heavy atom. The molecule has 0 radical (unpaired) electrons. The molecule has 16 heavy (non-hydrogen) atoms. The van der Waals surface area contributed by atoms with E-state index >= 15 is 0 Å². The molecule has 0 N–H and O–H groups in total. The van der Waals surface area contributed by atoms with Crippen molar-refractivity contribution in [1.29, 1.82) is 0 Å². The molecule has 1 aliphatic rings. The van der Waals surface area contributed by atoms with E-state index in [4.69, 9.17) is 4.74 Å². The average Bonchev–Trinajstić information content (AvgIpc) is 2.55. The van der Waals surface area contributed by atoms with Crippen LogP contribution in [0.5, 0.6) is 0 Å². The molecule has 0 aromatic carbocycles. The van der Waals surface area contributed by atoms with Gasteiger partial charge in [-0.1, -0.05) is 13.3 Å². The molecule has 0 aromatic heterocycles. The van der Waals surface area contributed by atoms with Crippen molar-refractivity contribution >= 4 is 11.8 Å². The minimum Gasteiger partial charge on any atom is -0.466 e. The van der Waals surface area contributed by atoms with Crippen LogP contribution in [0.3, 0.4) is 0 Å². The predicted octanol–water partition coefficient (Wildman–Crippen LogP) is 2.73. The van der Waals surface area contributed by atoms with E-state index in [-0.39, 0.29) is 11.9 Å². The van der Waals surface area contributed by atoms with E-state index < -0.39 is 0 Å². The fourth-order valence-electron chi connectivity index (χ4n) is 2.39. The number of ketones is 1. The molecule has 0 heterocycles. The van der Waals surface area contributed by atoms with Gasteiger partial charge in [-0.2, -0.15) is 0 Å². The molecule has 0 spiro atoms. The topological polar surface area (TPSA) is 43.4 Å². The first kappa shape index (κ1) is 13.2. The highest BCUT2D eigenvalue weighted by Gasteiger charge is 2.30. The quantitative estimate of drug-likeness (QED) is 0.516. The molecule has 1 aliphatic carbocycles. The maximum Gasteiger partial charge on any atom is 0.305 e. The van der Waals surface area contributed by atoms with Crippen LogP contribution in [0.4, 0.5) is 0 Å². The summed E-state index contributed by atoms with van der Waals surface area (Å²) in [5.74, 6) is 1.09. The number of Topliss-reactive ketones (excluding diaryl/α,β-unsaturated/α-hetero) is 1. The summed E-state index contributed by atoms with van der Waals surface area (Å²) in [6.07, 6.45) is 5.03. The second-order valence-electron chi connectivity index (χ2n) is 4.64. The summed E-state index contributed by atoms with van der Waals surface area (Å²) in [6, 6.07) is 0. The van der Waals surface area contributed by atoms with Gasteiger partial charge in [0.2, 0.25) is 0 Å². The minimum absolute atomic E-state index is 0.117. The van der Waals surface area contributed by atoms with Gasteiger partial charge in [-0.25, -0.2) is 0 Å². The van der Waals surface area contributed by atoms with Gasteiger partial charge >= 0.3 is 5.97 Å². The minimum atomic E-state index is -0.117. The third-order valence-electron chi connectivity index (χ3n) is 3.40. The maximum absolute atomic E-state index is 11.5. The normalized spacial score (nSPS) is 24.8. The Hall–Kier alpha value is -0.860. The SMILES string of the molecule is CCOC(=O)CCCC[C@@H]1C(=O)CC[C@H]1C. The van der Waals surface area contributed by atoms with Crippen molar-refractivity contribution in [2.75, 3.05) is 6.61 Å². The van der Waals surface area contributed by atoms with Crippen molar-refractivity contribution in [1.82, 2.24) is 0 Å². The smallest absolute Gasteiger partial charge is 0.305 e. The molecule has 0 amide bonds. The highest BCUT2D eigenvalue weighted by molar-refractivity contribution is 5.83. The van der Waals surface area contributed by atoms with Crippen molar-refractivity contribution < 1.29 is 14.3 Å². The van der Waals surface area contributed by atoms with Gasteiger partial charge in [-0.3, -0.25) is 9.59 Å². The van der Waals surface area contributed by atoms with Gasteiger partial charge in [-0.15, -0.1) is 0 Å². The second-order valence-corrected chi connectivity index (χ2v) is 4.64. The molecular weight excluding hydrogens is 204 g/mol. The molecule has 1 saturated carbocycles. The number of esters is 1. The molecular formula is C13H22O3. The van der Waals surface area contributed by atoms with Crippen molar-refractivity contribution in [2.45, 2.75) is 52.4 Å². The van der Waals surface area contributed by atoms with Crippen LogP contribution in [0.25, 0.3) is 0 Å². The van der Waals surface area contributed by atoms with E-state index in [1.165, 1.54) is 0 Å². The standard InChI is InChI=1S/C13H22O3/c1-3-16-13(15)7-5-4-6-11-10(2)8-9-12(11)14/h10-11H,3-9H2,1-2H3/t10-,11+/m1/s1. The number of carbonyl (C=O) groups is 2. The molecule has 1 rings (SSSR count). The van der Waals surface area contributed by atoms with Gasteiger partial charge in [0.15, 0.2) is 0 Å². The van der Waals surface area contributed by atoms with Crippen LogP contribution in [0.2, 0.25) is 0 Å². The molecule has 0 unspecified atom stereocenters. The lowest BCUT2D eigenvalue weighted by Gasteiger charge is -2.12. The lowest BCUT2D eigenvalue weighted by molar-refractivity contribution is -0.143. The maximum atomic E-state index is 11.5. The summed E-state index contributed by atoms with van der Waals surface area (Å²) in [4.78, 5) is 22.6. The van der Waals surface area contributed by atoms with Crippen LogP contribution in [-0.2, 0) is 14.3 Å². The first-order valence-electron chi connectivity index (χ1n) is 6.33. The Labute approximate surface area is 97.5 Å². The number of unbranched alkanes of at least 4 members (excludes halogenated alkanes) is 1. The number of ether oxygens (including phenoxy) is 1. The van der Waals surface area contributed by atoms with Gasteiger partial charge in [0.1, 0.15) is 5.78 Å². The van der Waals surface area contributed by atoms with Gasteiger partial charge < -0.3 is 4.74 Å².